The van der Waals surface area contributed by atoms with Crippen molar-refractivity contribution < 1.29 is 4.84 Å². The van der Waals surface area contributed by atoms with Crippen LogP contribution in [0, 0.1) is 6.92 Å². The maximum Gasteiger partial charge on any atom is 0.0789 e. The Bertz CT molecular complexity index is 403. The molecule has 1 aromatic carbocycles. The SMILES string of the molecule is Cc1cc(Br)ccc1N(C)C1CCC(ON)CC1. The monoisotopic (exact) mass is 312 g/mol. The molecule has 0 unspecified atom stereocenters. The summed E-state index contributed by atoms with van der Waals surface area (Å²) in [7, 11) is 2.19. The lowest BCUT2D eigenvalue weighted by molar-refractivity contribution is 0.0242. The van der Waals surface area contributed by atoms with Crippen molar-refractivity contribution in [1.29, 1.82) is 0 Å². The lowest BCUT2D eigenvalue weighted by Crippen LogP contribution is -2.37. The van der Waals surface area contributed by atoms with Gasteiger partial charge in [-0.05, 0) is 56.4 Å². The number of rotatable bonds is 3. The number of hydrogen-bond donors (Lipinski definition) is 1. The first-order valence-electron chi connectivity index (χ1n) is 6.46. The third-order valence-electron chi connectivity index (χ3n) is 3.92. The van der Waals surface area contributed by atoms with Gasteiger partial charge in [0.05, 0.1) is 6.10 Å². The third-order valence-corrected chi connectivity index (χ3v) is 4.42. The molecule has 1 saturated carbocycles. The summed E-state index contributed by atoms with van der Waals surface area (Å²) in [5.41, 5.74) is 2.62. The van der Waals surface area contributed by atoms with E-state index in [1.165, 1.54) is 11.3 Å². The van der Waals surface area contributed by atoms with Crippen molar-refractivity contribution >= 4 is 21.6 Å². The fourth-order valence-electron chi connectivity index (χ4n) is 2.78. The minimum absolute atomic E-state index is 0.251. The standard InChI is InChI=1S/C14H21BrN2O/c1-10-9-11(15)3-8-14(10)17(2)12-4-6-13(18-16)7-5-12/h3,8-9,12-13H,4-7,16H2,1-2H3. The molecule has 1 aromatic rings. The van der Waals surface area contributed by atoms with Crippen LogP contribution in [0.5, 0.6) is 0 Å². The highest BCUT2D eigenvalue weighted by molar-refractivity contribution is 9.10. The van der Waals surface area contributed by atoms with E-state index < -0.39 is 0 Å². The molecular formula is C14H21BrN2O. The van der Waals surface area contributed by atoms with Gasteiger partial charge in [0.1, 0.15) is 0 Å². The van der Waals surface area contributed by atoms with Gasteiger partial charge in [-0.2, -0.15) is 0 Å². The number of aryl methyl sites for hydroxylation is 1. The van der Waals surface area contributed by atoms with Crippen molar-refractivity contribution in [2.75, 3.05) is 11.9 Å². The molecule has 3 nitrogen and oxygen atoms in total. The maximum absolute atomic E-state index is 5.26. The van der Waals surface area contributed by atoms with Crippen LogP contribution in [0.4, 0.5) is 5.69 Å². The lowest BCUT2D eigenvalue weighted by Gasteiger charge is -2.36. The summed E-state index contributed by atoms with van der Waals surface area (Å²) in [6.07, 6.45) is 4.66. The summed E-state index contributed by atoms with van der Waals surface area (Å²) in [5.74, 6) is 5.26. The van der Waals surface area contributed by atoms with Gasteiger partial charge in [0, 0.05) is 23.2 Å². The normalized spacial score (nSPS) is 24.0. The van der Waals surface area contributed by atoms with Gasteiger partial charge in [-0.1, -0.05) is 15.9 Å². The molecule has 0 spiro atoms. The van der Waals surface area contributed by atoms with Crippen LogP contribution in [0.2, 0.25) is 0 Å². The molecule has 2 rings (SSSR count). The zero-order valence-corrected chi connectivity index (χ0v) is 12.6. The predicted octanol–water partition coefficient (Wildman–Crippen LogP) is 3.40. The highest BCUT2D eigenvalue weighted by atomic mass is 79.9. The molecule has 100 valence electrons. The van der Waals surface area contributed by atoms with E-state index in [2.05, 4.69) is 53.0 Å². The molecule has 0 saturated heterocycles. The molecule has 4 heteroatoms. The van der Waals surface area contributed by atoms with Gasteiger partial charge in [-0.15, -0.1) is 0 Å². The Morgan fingerprint density at radius 1 is 1.28 bits per heavy atom. The topological polar surface area (TPSA) is 38.5 Å². The van der Waals surface area contributed by atoms with Crippen molar-refractivity contribution in [2.45, 2.75) is 44.8 Å². The van der Waals surface area contributed by atoms with E-state index in [1.807, 2.05) is 0 Å². The molecule has 0 radical (unpaired) electrons. The van der Waals surface area contributed by atoms with Crippen LogP contribution >= 0.6 is 15.9 Å². The average Bonchev–Trinajstić information content (AvgIpc) is 2.38. The Balaban J connectivity index is 2.05. The van der Waals surface area contributed by atoms with Crippen LogP contribution in [-0.2, 0) is 4.84 Å². The molecule has 1 aliphatic carbocycles. The van der Waals surface area contributed by atoms with E-state index in [0.29, 0.717) is 6.04 Å². The Morgan fingerprint density at radius 3 is 2.50 bits per heavy atom. The van der Waals surface area contributed by atoms with Crippen molar-refractivity contribution in [2.24, 2.45) is 5.90 Å². The number of halogens is 1. The van der Waals surface area contributed by atoms with E-state index in [9.17, 15) is 0 Å². The Labute approximate surface area is 117 Å². The molecule has 1 aliphatic rings. The zero-order chi connectivity index (χ0) is 13.1. The number of nitrogens with two attached hydrogens (primary N) is 1. The second-order valence-electron chi connectivity index (χ2n) is 5.11. The van der Waals surface area contributed by atoms with Crippen molar-refractivity contribution in [3.63, 3.8) is 0 Å². The summed E-state index contributed by atoms with van der Waals surface area (Å²) >= 11 is 3.51. The van der Waals surface area contributed by atoms with Crippen molar-refractivity contribution in [3.8, 4) is 0 Å². The van der Waals surface area contributed by atoms with Crippen LogP contribution in [-0.4, -0.2) is 19.2 Å². The first-order chi connectivity index (χ1) is 8.61. The summed E-state index contributed by atoms with van der Waals surface area (Å²) in [4.78, 5) is 7.34. The van der Waals surface area contributed by atoms with Gasteiger partial charge in [-0.3, -0.25) is 0 Å². The summed E-state index contributed by atoms with van der Waals surface area (Å²) in [5, 5.41) is 0. The minimum Gasteiger partial charge on any atom is -0.371 e. The van der Waals surface area contributed by atoms with Gasteiger partial charge in [-0.25, -0.2) is 5.90 Å². The smallest absolute Gasteiger partial charge is 0.0789 e. The van der Waals surface area contributed by atoms with Crippen LogP contribution in [0.25, 0.3) is 0 Å². The van der Waals surface area contributed by atoms with Gasteiger partial charge >= 0.3 is 0 Å². The molecule has 1 fully saturated rings. The lowest BCUT2D eigenvalue weighted by atomic mass is 9.91. The van der Waals surface area contributed by atoms with E-state index >= 15 is 0 Å². The fourth-order valence-corrected chi connectivity index (χ4v) is 3.26. The van der Waals surface area contributed by atoms with Crippen LogP contribution in [0.1, 0.15) is 31.2 Å². The first-order valence-corrected chi connectivity index (χ1v) is 7.25. The van der Waals surface area contributed by atoms with Gasteiger partial charge in [0.15, 0.2) is 0 Å². The quantitative estimate of drug-likeness (QED) is 0.869. The molecule has 0 atom stereocenters. The minimum atomic E-state index is 0.251. The van der Waals surface area contributed by atoms with Gasteiger partial charge in [0.25, 0.3) is 0 Å². The molecular weight excluding hydrogens is 292 g/mol. The number of nitrogens with zero attached hydrogens (tertiary/aromatic N) is 1. The second kappa shape index (κ2) is 6.04. The molecule has 0 aromatic heterocycles. The van der Waals surface area contributed by atoms with E-state index in [0.717, 1.165) is 30.2 Å². The Kier molecular flexibility index (Phi) is 4.65. The third kappa shape index (κ3) is 3.05. The second-order valence-corrected chi connectivity index (χ2v) is 6.02. The highest BCUT2D eigenvalue weighted by Gasteiger charge is 2.24. The molecule has 0 bridgehead atoms. The molecule has 18 heavy (non-hydrogen) atoms. The molecule has 2 N–H and O–H groups in total. The van der Waals surface area contributed by atoms with E-state index in [1.54, 1.807) is 0 Å². The number of benzene rings is 1. The molecule has 0 amide bonds. The van der Waals surface area contributed by atoms with Crippen LogP contribution in [0.15, 0.2) is 22.7 Å². The molecule has 0 heterocycles. The fraction of sp³-hybridized carbons (Fsp3) is 0.571. The van der Waals surface area contributed by atoms with Crippen molar-refractivity contribution in [1.82, 2.24) is 0 Å². The number of hydrogen-bond acceptors (Lipinski definition) is 3. The average molecular weight is 313 g/mol. The van der Waals surface area contributed by atoms with Gasteiger partial charge in [0.2, 0.25) is 0 Å². The zero-order valence-electron chi connectivity index (χ0n) is 11.0. The predicted molar refractivity (Wildman–Crippen MR) is 78.6 cm³/mol. The van der Waals surface area contributed by atoms with E-state index in [-0.39, 0.29) is 6.10 Å². The van der Waals surface area contributed by atoms with Gasteiger partial charge < -0.3 is 9.74 Å². The highest BCUT2D eigenvalue weighted by Crippen LogP contribution is 2.30. The maximum atomic E-state index is 5.26. The molecule has 0 aliphatic heterocycles. The number of anilines is 1. The summed E-state index contributed by atoms with van der Waals surface area (Å²) < 4.78 is 1.14. The Morgan fingerprint density at radius 2 is 1.94 bits per heavy atom. The first kappa shape index (κ1) is 13.8. The van der Waals surface area contributed by atoms with Crippen LogP contribution < -0.4 is 10.8 Å². The Hall–Kier alpha value is -0.580. The van der Waals surface area contributed by atoms with E-state index in [4.69, 9.17) is 10.7 Å². The van der Waals surface area contributed by atoms with Crippen LogP contribution in [0.3, 0.4) is 0 Å². The van der Waals surface area contributed by atoms with Crippen molar-refractivity contribution in [3.05, 3.63) is 28.2 Å². The summed E-state index contributed by atoms with van der Waals surface area (Å²) in [6, 6.07) is 7.05. The largest absolute Gasteiger partial charge is 0.371 e. The summed E-state index contributed by atoms with van der Waals surface area (Å²) in [6.45, 7) is 2.16.